The van der Waals surface area contributed by atoms with Crippen LogP contribution in [-0.2, 0) is 67.6 Å². The molecule has 5 atom stereocenters. The van der Waals surface area contributed by atoms with E-state index in [2.05, 4.69) is 31.9 Å². The van der Waals surface area contributed by atoms with Gasteiger partial charge in [-0.1, -0.05) is 112 Å². The molecule has 0 bridgehead atoms. The zero-order valence-corrected chi connectivity index (χ0v) is 45.7. The molecule has 0 saturated carbocycles. The predicted octanol–water partition coefficient (Wildman–Crippen LogP) is 3.81. The Hall–Kier alpha value is -8.99. The van der Waals surface area contributed by atoms with Gasteiger partial charge in [-0.15, -0.1) is 0 Å². The van der Waals surface area contributed by atoms with Crippen molar-refractivity contribution >= 4 is 53.4 Å². The van der Waals surface area contributed by atoms with Crippen molar-refractivity contribution in [3.05, 3.63) is 155 Å². The second-order valence-electron chi connectivity index (χ2n) is 20.0. The van der Waals surface area contributed by atoms with Crippen LogP contribution in [0.4, 0.5) is 13.6 Å². The van der Waals surface area contributed by atoms with E-state index in [1.807, 2.05) is 30.3 Å². The summed E-state index contributed by atoms with van der Waals surface area (Å²) in [4.78, 5) is 123. The van der Waals surface area contributed by atoms with Gasteiger partial charge < -0.3 is 61.7 Å². The first-order valence-corrected chi connectivity index (χ1v) is 26.0. The number of rotatable bonds is 28. The Morgan fingerprint density at radius 1 is 0.691 bits per heavy atom. The molecule has 0 aliphatic rings. The number of aliphatic hydroxyl groups excluding tert-OH is 1. The molecule has 0 aliphatic carbocycles. The fourth-order valence-electron chi connectivity index (χ4n) is 8.62. The lowest BCUT2D eigenvalue weighted by Gasteiger charge is -2.41. The summed E-state index contributed by atoms with van der Waals surface area (Å²) >= 11 is 0. The van der Waals surface area contributed by atoms with Gasteiger partial charge in [0.05, 0.1) is 18.9 Å². The van der Waals surface area contributed by atoms with E-state index in [1.165, 1.54) is 18.9 Å². The van der Waals surface area contributed by atoms with Crippen molar-refractivity contribution in [1.82, 2.24) is 41.4 Å². The molecule has 1 heterocycles. The number of hydrogen-bond donors (Lipinski definition) is 8. The molecule has 8 amide bonds. The van der Waals surface area contributed by atoms with Gasteiger partial charge in [-0.25, -0.2) is 13.6 Å². The first-order valence-electron chi connectivity index (χ1n) is 26.0. The van der Waals surface area contributed by atoms with Crippen molar-refractivity contribution in [1.29, 1.82) is 0 Å². The molecule has 5 rings (SSSR count). The van der Waals surface area contributed by atoms with E-state index < -0.39 is 127 Å². The maximum atomic E-state index is 15.4. The molecule has 0 spiro atoms. The molecule has 432 valence electrons. The first-order chi connectivity index (χ1) is 38.6. The van der Waals surface area contributed by atoms with Crippen LogP contribution in [0.1, 0.15) is 81.8 Å². The van der Waals surface area contributed by atoms with Crippen LogP contribution in [0.15, 0.2) is 121 Å². The summed E-state index contributed by atoms with van der Waals surface area (Å²) in [6.45, 7) is 4.88. The van der Waals surface area contributed by atoms with Crippen LogP contribution < -0.4 is 37.6 Å². The van der Waals surface area contributed by atoms with E-state index in [-0.39, 0.29) is 50.4 Å². The van der Waals surface area contributed by atoms with E-state index >= 15 is 4.39 Å². The van der Waals surface area contributed by atoms with Gasteiger partial charge in [0.25, 0.3) is 0 Å². The highest BCUT2D eigenvalue weighted by molar-refractivity contribution is 5.98. The third-order valence-corrected chi connectivity index (χ3v) is 12.7. The van der Waals surface area contributed by atoms with Gasteiger partial charge in [-0.2, -0.15) is 0 Å². The van der Waals surface area contributed by atoms with Crippen LogP contribution in [0.2, 0.25) is 0 Å². The van der Waals surface area contributed by atoms with Crippen molar-refractivity contribution < 1.29 is 66.5 Å². The average Bonchev–Trinajstić information content (AvgIpc) is 3.85. The van der Waals surface area contributed by atoms with Crippen LogP contribution in [0.25, 0.3) is 11.1 Å². The number of alkyl carbamates (subject to hydrolysis) is 1. The molecule has 0 fully saturated rings. The van der Waals surface area contributed by atoms with Crippen LogP contribution in [0.3, 0.4) is 0 Å². The number of aromatic nitrogens is 1. The van der Waals surface area contributed by atoms with Gasteiger partial charge >= 0.3 is 12.1 Å². The zero-order chi connectivity index (χ0) is 59.2. The maximum absolute atomic E-state index is 15.4. The predicted molar refractivity (Wildman–Crippen MR) is 292 cm³/mol. The number of nitrogens with zero attached hydrogens (tertiary/aromatic N) is 2. The van der Waals surface area contributed by atoms with Gasteiger partial charge in [0.15, 0.2) is 0 Å². The summed E-state index contributed by atoms with van der Waals surface area (Å²) in [6.07, 6.45) is -1.70. The number of esters is 1. The summed E-state index contributed by atoms with van der Waals surface area (Å²) in [5.41, 5.74) is 7.36. The monoisotopic (exact) mass is 1120 g/mol. The van der Waals surface area contributed by atoms with Crippen molar-refractivity contribution in [3.63, 3.8) is 0 Å². The average molecular weight is 1120 g/mol. The van der Waals surface area contributed by atoms with Gasteiger partial charge in [0.1, 0.15) is 55.6 Å². The van der Waals surface area contributed by atoms with Gasteiger partial charge in [-0.3, -0.25) is 38.4 Å². The molecule has 0 radical (unpaired) electrons. The first kappa shape index (κ1) is 62.8. The summed E-state index contributed by atoms with van der Waals surface area (Å²) in [5.74, 6) is -9.01. The Kier molecular flexibility index (Phi) is 23.6. The van der Waals surface area contributed by atoms with Crippen molar-refractivity contribution in [3.8, 4) is 11.1 Å². The van der Waals surface area contributed by atoms with Crippen LogP contribution in [0.5, 0.6) is 0 Å². The normalized spacial score (nSPS) is 12.9. The Morgan fingerprint density at radius 2 is 1.25 bits per heavy atom. The molecule has 9 N–H and O–H groups in total. The molecule has 5 aromatic rings. The molecule has 0 saturated heterocycles. The molecule has 0 unspecified atom stereocenters. The fourth-order valence-corrected chi connectivity index (χ4v) is 8.62. The number of primary amides is 1. The lowest BCUT2D eigenvalue weighted by Crippen LogP contribution is -2.59. The van der Waals surface area contributed by atoms with E-state index in [0.717, 1.165) is 23.8 Å². The molecular formula is C58H69F2N9O12. The fraction of sp³-hybridized carbons (Fsp3) is 0.362. The van der Waals surface area contributed by atoms with E-state index in [9.17, 15) is 52.6 Å². The quantitative estimate of drug-likeness (QED) is 0.0332. The number of nitrogens with one attached hydrogen (secondary N) is 6. The summed E-state index contributed by atoms with van der Waals surface area (Å²) in [6, 6.07) is 23.3. The highest BCUT2D eigenvalue weighted by Gasteiger charge is 2.39. The third-order valence-electron chi connectivity index (χ3n) is 12.7. The van der Waals surface area contributed by atoms with Gasteiger partial charge in [-0.05, 0) is 59.7 Å². The lowest BCUT2D eigenvalue weighted by atomic mass is 9.82. The zero-order valence-electron chi connectivity index (χ0n) is 45.7. The molecule has 81 heavy (non-hydrogen) atoms. The van der Waals surface area contributed by atoms with Crippen molar-refractivity contribution in [2.75, 3.05) is 26.7 Å². The number of ether oxygens (including phenoxy) is 2. The highest BCUT2D eigenvalue weighted by Crippen LogP contribution is 2.41. The third kappa shape index (κ3) is 19.7. The SMILES string of the molecule is CNC(=O)CCNC(=O)[C@H](CCN(C(=O)CO)[C@@H](c1cc(-c2cc(F)ccc2F)cn1Cc1ccccc1)C(C)(C)C)NC(=O)[C@H](CC(N)=O)NC(=O)[C@H](CC(=O)OCc1ccccc1)NC(=O)[C@H](C)NC(=O)OCc1ccccc1. The number of nitrogens with two attached hydrogens (primary N) is 1. The molecular weight excluding hydrogens is 1050 g/mol. The highest BCUT2D eigenvalue weighted by atomic mass is 19.1. The minimum atomic E-state index is -1.89. The minimum absolute atomic E-state index is 0.0652. The molecule has 0 aliphatic heterocycles. The second kappa shape index (κ2) is 30.4. The largest absolute Gasteiger partial charge is 0.461 e. The maximum Gasteiger partial charge on any atom is 0.408 e. The second-order valence-corrected chi connectivity index (χ2v) is 20.0. The van der Waals surface area contributed by atoms with E-state index in [0.29, 0.717) is 16.8 Å². The summed E-state index contributed by atoms with van der Waals surface area (Å²) in [7, 11) is 1.39. The van der Waals surface area contributed by atoms with Gasteiger partial charge in [0.2, 0.25) is 41.4 Å². The Labute approximate surface area is 467 Å². The number of carbonyl (C=O) groups is 9. The smallest absolute Gasteiger partial charge is 0.408 e. The number of hydrogen-bond acceptors (Lipinski definition) is 12. The summed E-state index contributed by atoms with van der Waals surface area (Å²) in [5, 5.41) is 25.1. The van der Waals surface area contributed by atoms with Crippen LogP contribution >= 0.6 is 0 Å². The van der Waals surface area contributed by atoms with Crippen molar-refractivity contribution in [2.45, 2.75) is 103 Å². The number of aliphatic hydroxyl groups is 1. The van der Waals surface area contributed by atoms with Crippen LogP contribution in [0, 0.1) is 17.0 Å². The number of carbonyl (C=O) groups excluding carboxylic acids is 9. The lowest BCUT2D eigenvalue weighted by molar-refractivity contribution is -0.147. The van der Waals surface area contributed by atoms with Gasteiger partial charge in [0, 0.05) is 56.1 Å². The van der Waals surface area contributed by atoms with E-state index in [1.54, 1.807) is 98.3 Å². The summed E-state index contributed by atoms with van der Waals surface area (Å²) < 4.78 is 42.4. The molecule has 23 heteroatoms. The molecule has 1 aromatic heterocycles. The van der Waals surface area contributed by atoms with Crippen LogP contribution in [-0.4, -0.2) is 119 Å². The standard InChI is InChI=1S/C58H69F2N9O12/c1-36(64-57(79)81-35-39-19-13-8-14-20-39)53(75)66-46(30-51(74)80-34-38-17-11-7-12-18-38)56(78)67-45(29-48(61)71)55(77)65-44(54(76)63-25-23-49(72)62-5)24-26-69(50(73)33-70)52(58(2,3)4)47-27-40(42-28-41(59)21-22-43(42)60)32-68(47)31-37-15-9-6-10-16-37/h6-22,27-28,32,36,44-46,52,70H,23-26,29-31,33-35H2,1-5H3,(H2,61,71)(H,62,72)(H,63,76)(H,64,79)(H,65,77)(H,66,75)(H,67,78)/t36-,44-,45-,46-,52-/m0/s1. The number of benzene rings is 4. The minimum Gasteiger partial charge on any atom is -0.461 e. The Bertz CT molecular complexity index is 2980. The number of amides is 8. The van der Waals surface area contributed by atoms with Crippen molar-refractivity contribution in [2.24, 2.45) is 11.1 Å². The topological polar surface area (TPSA) is 299 Å². The Balaban J connectivity index is 1.45. The molecule has 21 nitrogen and oxygen atoms in total. The van der Waals surface area contributed by atoms with E-state index in [4.69, 9.17) is 15.2 Å². The number of halogens is 2. The Morgan fingerprint density at radius 3 is 1.81 bits per heavy atom. The molecule has 4 aromatic carbocycles.